The van der Waals surface area contributed by atoms with E-state index in [1.807, 2.05) is 13.0 Å². The molecule has 0 bridgehead atoms. The summed E-state index contributed by atoms with van der Waals surface area (Å²) < 4.78 is 11.6. The first-order valence-corrected chi connectivity index (χ1v) is 6.20. The van der Waals surface area contributed by atoms with Gasteiger partial charge in [0.05, 0.1) is 12.0 Å². The fourth-order valence-corrected chi connectivity index (χ4v) is 2.50. The third-order valence-corrected chi connectivity index (χ3v) is 3.20. The number of rotatable bonds is 2. The summed E-state index contributed by atoms with van der Waals surface area (Å²) in [6, 6.07) is 3.98. The monoisotopic (exact) mass is 244 g/mol. The van der Waals surface area contributed by atoms with Crippen LogP contribution < -0.4 is 15.2 Å². The Balaban J connectivity index is 2.33. The minimum atomic E-state index is 0.180. The SMILES string of the molecule is CCOc1cc2c(c3c(N)nccc13)OC(C)C2. The summed E-state index contributed by atoms with van der Waals surface area (Å²) in [6.07, 6.45) is 2.77. The van der Waals surface area contributed by atoms with E-state index in [1.165, 1.54) is 0 Å². The quantitative estimate of drug-likeness (QED) is 0.882. The van der Waals surface area contributed by atoms with Crippen LogP contribution in [0.3, 0.4) is 0 Å². The maximum Gasteiger partial charge on any atom is 0.135 e. The van der Waals surface area contributed by atoms with E-state index >= 15 is 0 Å². The predicted octanol–water partition coefficient (Wildman–Crippen LogP) is 2.54. The molecule has 0 amide bonds. The van der Waals surface area contributed by atoms with Gasteiger partial charge in [0.2, 0.25) is 0 Å². The second-order valence-corrected chi connectivity index (χ2v) is 4.55. The molecule has 4 heteroatoms. The van der Waals surface area contributed by atoms with Crippen LogP contribution >= 0.6 is 0 Å². The number of nitrogens with zero attached hydrogens (tertiary/aromatic N) is 1. The van der Waals surface area contributed by atoms with Crippen LogP contribution in [0.15, 0.2) is 18.3 Å². The third kappa shape index (κ3) is 1.56. The van der Waals surface area contributed by atoms with Crippen molar-refractivity contribution >= 4 is 16.6 Å². The Morgan fingerprint density at radius 1 is 1.56 bits per heavy atom. The van der Waals surface area contributed by atoms with E-state index in [0.717, 1.165) is 34.3 Å². The molecule has 4 nitrogen and oxygen atoms in total. The summed E-state index contributed by atoms with van der Waals surface area (Å²) in [4.78, 5) is 4.15. The highest BCUT2D eigenvalue weighted by Crippen LogP contribution is 2.43. The highest BCUT2D eigenvalue weighted by atomic mass is 16.5. The van der Waals surface area contributed by atoms with E-state index < -0.39 is 0 Å². The van der Waals surface area contributed by atoms with Crippen molar-refractivity contribution in [1.29, 1.82) is 0 Å². The van der Waals surface area contributed by atoms with Gasteiger partial charge in [0, 0.05) is 23.6 Å². The van der Waals surface area contributed by atoms with E-state index in [-0.39, 0.29) is 6.10 Å². The number of hydrogen-bond donors (Lipinski definition) is 1. The van der Waals surface area contributed by atoms with Gasteiger partial charge in [-0.3, -0.25) is 0 Å². The molecule has 0 aliphatic carbocycles. The van der Waals surface area contributed by atoms with Crippen LogP contribution in [0.25, 0.3) is 10.8 Å². The van der Waals surface area contributed by atoms with Crippen molar-refractivity contribution in [1.82, 2.24) is 4.98 Å². The van der Waals surface area contributed by atoms with Crippen molar-refractivity contribution in [2.24, 2.45) is 0 Å². The van der Waals surface area contributed by atoms with Crippen LogP contribution in [0.2, 0.25) is 0 Å². The van der Waals surface area contributed by atoms with Crippen LogP contribution in [0.1, 0.15) is 19.4 Å². The Bertz CT molecular complexity index is 610. The maximum absolute atomic E-state index is 5.99. The topological polar surface area (TPSA) is 57.4 Å². The van der Waals surface area contributed by atoms with Gasteiger partial charge in [-0.05, 0) is 26.0 Å². The molecule has 2 N–H and O–H groups in total. The van der Waals surface area contributed by atoms with Gasteiger partial charge < -0.3 is 15.2 Å². The van der Waals surface area contributed by atoms with Crippen LogP contribution in [0.4, 0.5) is 5.82 Å². The molecule has 1 aliphatic heterocycles. The molecule has 1 unspecified atom stereocenters. The number of benzene rings is 1. The average molecular weight is 244 g/mol. The van der Waals surface area contributed by atoms with Gasteiger partial charge >= 0.3 is 0 Å². The number of nitrogens with two attached hydrogens (primary N) is 1. The van der Waals surface area contributed by atoms with Crippen LogP contribution in [-0.4, -0.2) is 17.7 Å². The fraction of sp³-hybridized carbons (Fsp3) is 0.357. The van der Waals surface area contributed by atoms with Crippen molar-refractivity contribution in [2.75, 3.05) is 12.3 Å². The lowest BCUT2D eigenvalue weighted by atomic mass is 10.0. The normalized spacial score (nSPS) is 17.6. The zero-order valence-electron chi connectivity index (χ0n) is 10.6. The molecule has 1 aromatic heterocycles. The van der Waals surface area contributed by atoms with E-state index in [1.54, 1.807) is 6.20 Å². The lowest BCUT2D eigenvalue weighted by molar-refractivity contribution is 0.257. The number of aromatic nitrogens is 1. The largest absolute Gasteiger partial charge is 0.493 e. The number of pyridine rings is 1. The minimum Gasteiger partial charge on any atom is -0.493 e. The van der Waals surface area contributed by atoms with Crippen molar-refractivity contribution < 1.29 is 9.47 Å². The summed E-state index contributed by atoms with van der Waals surface area (Å²) in [5.74, 6) is 2.23. The zero-order chi connectivity index (χ0) is 12.7. The Labute approximate surface area is 106 Å². The minimum absolute atomic E-state index is 0.180. The average Bonchev–Trinajstić information content (AvgIpc) is 2.70. The van der Waals surface area contributed by atoms with Crippen LogP contribution in [-0.2, 0) is 6.42 Å². The summed E-state index contributed by atoms with van der Waals surface area (Å²) in [5.41, 5.74) is 7.14. The standard InChI is InChI=1S/C14H16N2O2/c1-3-17-11-7-9-6-8(2)18-13(9)12-10(11)4-5-16-14(12)15/h4-5,7-8H,3,6H2,1-2H3,(H2,15,16). The number of nitrogen functional groups attached to an aromatic ring is 1. The van der Waals surface area contributed by atoms with Crippen LogP contribution in [0, 0.1) is 0 Å². The Morgan fingerprint density at radius 3 is 3.17 bits per heavy atom. The summed E-state index contributed by atoms with van der Waals surface area (Å²) in [7, 11) is 0. The zero-order valence-corrected chi connectivity index (χ0v) is 10.6. The molecular weight excluding hydrogens is 228 g/mol. The molecule has 0 saturated heterocycles. The van der Waals surface area contributed by atoms with Gasteiger partial charge in [-0.1, -0.05) is 0 Å². The van der Waals surface area contributed by atoms with Crippen molar-refractivity contribution in [3.8, 4) is 11.5 Å². The Hall–Kier alpha value is -1.97. The molecule has 1 aromatic carbocycles. The van der Waals surface area contributed by atoms with Crippen molar-refractivity contribution in [3.05, 3.63) is 23.9 Å². The van der Waals surface area contributed by atoms with Crippen molar-refractivity contribution in [3.63, 3.8) is 0 Å². The molecule has 2 aromatic rings. The van der Waals surface area contributed by atoms with E-state index in [2.05, 4.69) is 18.0 Å². The molecule has 94 valence electrons. The molecular formula is C14H16N2O2. The summed E-state index contributed by atoms with van der Waals surface area (Å²) in [6.45, 7) is 4.66. The first kappa shape index (κ1) is 11.1. The molecule has 1 atom stereocenters. The highest BCUT2D eigenvalue weighted by molar-refractivity contribution is 6.01. The molecule has 2 heterocycles. The first-order chi connectivity index (χ1) is 8.70. The summed E-state index contributed by atoms with van der Waals surface area (Å²) >= 11 is 0. The highest BCUT2D eigenvalue weighted by Gasteiger charge is 2.25. The van der Waals surface area contributed by atoms with Gasteiger partial charge in [0.1, 0.15) is 23.4 Å². The van der Waals surface area contributed by atoms with Crippen molar-refractivity contribution in [2.45, 2.75) is 26.4 Å². The van der Waals surface area contributed by atoms with Crippen LogP contribution in [0.5, 0.6) is 11.5 Å². The summed E-state index contributed by atoms with van der Waals surface area (Å²) in [5, 5.41) is 1.85. The lowest BCUT2D eigenvalue weighted by Crippen LogP contribution is -2.05. The molecule has 0 fully saturated rings. The Morgan fingerprint density at radius 2 is 2.39 bits per heavy atom. The fourth-order valence-electron chi connectivity index (χ4n) is 2.50. The Kier molecular flexibility index (Phi) is 2.51. The number of fused-ring (bicyclic) bond motifs is 3. The van der Waals surface area contributed by atoms with Gasteiger partial charge in [-0.15, -0.1) is 0 Å². The number of ether oxygens (including phenoxy) is 2. The molecule has 1 aliphatic rings. The molecule has 18 heavy (non-hydrogen) atoms. The second-order valence-electron chi connectivity index (χ2n) is 4.55. The van der Waals surface area contributed by atoms with E-state index in [4.69, 9.17) is 15.2 Å². The number of anilines is 1. The molecule has 0 radical (unpaired) electrons. The smallest absolute Gasteiger partial charge is 0.135 e. The number of hydrogen-bond acceptors (Lipinski definition) is 4. The molecule has 3 rings (SSSR count). The molecule has 0 saturated carbocycles. The predicted molar refractivity (Wildman–Crippen MR) is 71.1 cm³/mol. The molecule has 0 spiro atoms. The van der Waals surface area contributed by atoms with E-state index in [0.29, 0.717) is 12.4 Å². The van der Waals surface area contributed by atoms with Gasteiger partial charge in [0.15, 0.2) is 0 Å². The first-order valence-electron chi connectivity index (χ1n) is 6.20. The second kappa shape index (κ2) is 4.05. The van der Waals surface area contributed by atoms with Gasteiger partial charge in [-0.25, -0.2) is 4.98 Å². The van der Waals surface area contributed by atoms with E-state index in [9.17, 15) is 0 Å². The van der Waals surface area contributed by atoms with Gasteiger partial charge in [-0.2, -0.15) is 0 Å². The van der Waals surface area contributed by atoms with Gasteiger partial charge in [0.25, 0.3) is 0 Å². The maximum atomic E-state index is 5.99. The lowest BCUT2D eigenvalue weighted by Gasteiger charge is -2.12. The third-order valence-electron chi connectivity index (χ3n) is 3.20.